The van der Waals surface area contributed by atoms with Crippen molar-refractivity contribution in [3.63, 3.8) is 0 Å². The van der Waals surface area contributed by atoms with Gasteiger partial charge in [0, 0.05) is 10.4 Å². The molecule has 0 unspecified atom stereocenters. The van der Waals surface area contributed by atoms with Gasteiger partial charge in [-0.15, -0.1) is 0 Å². The first-order valence-corrected chi connectivity index (χ1v) is 2.00. The van der Waals surface area contributed by atoms with Crippen LogP contribution in [-0.4, -0.2) is 34.9 Å². The smallest absolute Gasteiger partial charge is 0.759 e. The Labute approximate surface area is 78.2 Å². The predicted molar refractivity (Wildman–Crippen MR) is 16.2 cm³/mol. The second-order valence-electron chi connectivity index (χ2n) is 0.408. The van der Waals surface area contributed by atoms with Crippen LogP contribution in [-0.2, 0) is 43.7 Å². The quantitative estimate of drug-likeness (QED) is 0.287. The van der Waals surface area contributed by atoms with Crippen molar-refractivity contribution < 1.29 is 50.8 Å². The predicted octanol–water partition coefficient (Wildman–Crippen LogP) is -1.72. The molecule has 0 atom stereocenters. The van der Waals surface area contributed by atoms with E-state index in [2.05, 4.69) is 0 Å². The van der Waals surface area contributed by atoms with Crippen LogP contribution in [0.15, 0.2) is 0 Å². The van der Waals surface area contributed by atoms with E-state index in [1.165, 1.54) is 0 Å². The number of hydrogen-bond acceptors (Lipinski definition) is 4. The summed E-state index contributed by atoms with van der Waals surface area (Å²) in [6.45, 7) is 0. The molecule has 0 aliphatic heterocycles. The summed E-state index contributed by atoms with van der Waals surface area (Å²) in [4.78, 5) is 0. The minimum absolute atomic E-state index is 0. The molecule has 0 bridgehead atoms. The minimum atomic E-state index is -5.17. The summed E-state index contributed by atoms with van der Waals surface area (Å²) in [5.74, 6) is 0. The molecule has 0 fully saturated rings. The standard InChI is InChI=1S/Al.Co.Ni.H2O4S/c;;;1-5(2,3)4/h;;;(H2,1,2,3,4)/q+3;2*+2;/p-2. The molecule has 4 nitrogen and oxygen atoms in total. The molecule has 0 amide bonds. The van der Waals surface area contributed by atoms with Crippen LogP contribution in [0.5, 0.6) is 0 Å². The van der Waals surface area contributed by atoms with Crippen LogP contribution < -0.4 is 0 Å². The average molecular weight is 241 g/mol. The van der Waals surface area contributed by atoms with Crippen LogP contribution in [0.3, 0.4) is 0 Å². The van der Waals surface area contributed by atoms with E-state index < -0.39 is 10.4 Å². The normalized spacial score (nSPS) is 7.25. The summed E-state index contributed by atoms with van der Waals surface area (Å²) in [6.07, 6.45) is 0. The first-order chi connectivity index (χ1) is 2.00. The summed E-state index contributed by atoms with van der Waals surface area (Å²) in [5.41, 5.74) is 0. The Hall–Kier alpha value is 1.40. The molecule has 47 valence electrons. The molecule has 8 heavy (non-hydrogen) atoms. The third-order valence-electron chi connectivity index (χ3n) is 0. The van der Waals surface area contributed by atoms with Gasteiger partial charge in [0.1, 0.15) is 0 Å². The number of rotatable bonds is 0. The van der Waals surface area contributed by atoms with E-state index >= 15 is 0 Å². The molecular weight excluding hydrogens is 241 g/mol. The van der Waals surface area contributed by atoms with Gasteiger partial charge in [-0.25, -0.2) is 0 Å². The van der Waals surface area contributed by atoms with Crippen molar-refractivity contribution in [3.05, 3.63) is 0 Å². The summed E-state index contributed by atoms with van der Waals surface area (Å²) in [5, 5.41) is 0. The zero-order valence-electron chi connectivity index (χ0n) is 3.27. The largest absolute Gasteiger partial charge is 3.00 e. The van der Waals surface area contributed by atoms with Gasteiger partial charge in [0.15, 0.2) is 0 Å². The molecule has 0 rings (SSSR count). The van der Waals surface area contributed by atoms with Crippen LogP contribution in [0.2, 0.25) is 0 Å². The zero-order chi connectivity index (χ0) is 4.50. The van der Waals surface area contributed by atoms with Crippen molar-refractivity contribution in [3.8, 4) is 0 Å². The fraction of sp³-hybridized carbons (Fsp3) is 0. The van der Waals surface area contributed by atoms with Crippen LogP contribution in [0.25, 0.3) is 0 Å². The van der Waals surface area contributed by atoms with Gasteiger partial charge in [0.2, 0.25) is 0 Å². The van der Waals surface area contributed by atoms with Gasteiger partial charge in [-0.05, 0) is 0 Å². The SMILES string of the molecule is O=S(=O)([O-])[O-].[Al+3].[Co+2].[Ni+2]. The van der Waals surface area contributed by atoms with Gasteiger partial charge in [-0.2, -0.15) is 0 Å². The van der Waals surface area contributed by atoms with Gasteiger partial charge in [0.25, 0.3) is 0 Å². The van der Waals surface area contributed by atoms with Gasteiger partial charge < -0.3 is 9.11 Å². The minimum Gasteiger partial charge on any atom is -0.759 e. The molecule has 0 spiro atoms. The van der Waals surface area contributed by atoms with E-state index in [4.69, 9.17) is 17.5 Å². The average Bonchev–Trinajstić information content (AvgIpc) is 0.722. The summed E-state index contributed by atoms with van der Waals surface area (Å²) < 4.78 is 34.1. The molecule has 8 heteroatoms. The van der Waals surface area contributed by atoms with Crippen LogP contribution >= 0.6 is 0 Å². The van der Waals surface area contributed by atoms with Gasteiger partial charge >= 0.3 is 50.6 Å². The van der Waals surface area contributed by atoms with Gasteiger partial charge in [-0.3, -0.25) is 8.42 Å². The topological polar surface area (TPSA) is 80.3 Å². The first-order valence-electron chi connectivity index (χ1n) is 0.667. The maximum Gasteiger partial charge on any atom is 3.00 e. The number of hydrogen-bond donors (Lipinski definition) is 0. The first kappa shape index (κ1) is 22.7. The molecule has 0 heterocycles. The second kappa shape index (κ2) is 8.40. The Morgan fingerprint density at radius 2 is 1.12 bits per heavy atom. The fourth-order valence-corrected chi connectivity index (χ4v) is 0. The van der Waals surface area contributed by atoms with Gasteiger partial charge in [0.05, 0.1) is 0 Å². The monoisotopic (exact) mass is 240 g/mol. The summed E-state index contributed by atoms with van der Waals surface area (Å²) >= 11 is 0. The van der Waals surface area contributed by atoms with E-state index in [1.54, 1.807) is 0 Å². The Balaban J connectivity index is -0.0000000267. The molecule has 0 saturated heterocycles. The Morgan fingerprint density at radius 3 is 1.12 bits per heavy atom. The third-order valence-corrected chi connectivity index (χ3v) is 0. The van der Waals surface area contributed by atoms with Crippen molar-refractivity contribution in [2.75, 3.05) is 0 Å². The van der Waals surface area contributed by atoms with Crippen LogP contribution in [0.4, 0.5) is 0 Å². The van der Waals surface area contributed by atoms with Crippen molar-refractivity contribution in [1.82, 2.24) is 0 Å². The van der Waals surface area contributed by atoms with E-state index in [0.29, 0.717) is 0 Å². The van der Waals surface area contributed by atoms with Crippen LogP contribution in [0.1, 0.15) is 0 Å². The van der Waals surface area contributed by atoms with Crippen molar-refractivity contribution in [2.24, 2.45) is 0 Å². The fourth-order valence-electron chi connectivity index (χ4n) is 0. The molecule has 0 saturated carbocycles. The van der Waals surface area contributed by atoms with Crippen molar-refractivity contribution in [2.45, 2.75) is 0 Å². The summed E-state index contributed by atoms with van der Waals surface area (Å²) in [7, 11) is -5.17. The molecule has 0 aromatic carbocycles. The maximum atomic E-state index is 8.52. The molecule has 0 aliphatic carbocycles. The van der Waals surface area contributed by atoms with Crippen molar-refractivity contribution in [1.29, 1.82) is 0 Å². The van der Waals surface area contributed by atoms with E-state index in [1.807, 2.05) is 0 Å². The van der Waals surface area contributed by atoms with Crippen LogP contribution in [0, 0.1) is 0 Å². The maximum absolute atomic E-state index is 8.52. The van der Waals surface area contributed by atoms with E-state index in [-0.39, 0.29) is 50.6 Å². The van der Waals surface area contributed by atoms with Gasteiger partial charge in [-0.1, -0.05) is 0 Å². The molecule has 0 aliphatic rings. The molecule has 0 N–H and O–H groups in total. The third kappa shape index (κ3) is 154. The summed E-state index contributed by atoms with van der Waals surface area (Å²) in [6, 6.07) is 0. The van der Waals surface area contributed by atoms with E-state index in [9.17, 15) is 0 Å². The Morgan fingerprint density at radius 1 is 1.12 bits per heavy atom. The zero-order valence-corrected chi connectivity index (χ0v) is 7.27. The second-order valence-corrected chi connectivity index (χ2v) is 1.22. The molecule has 1 radical (unpaired) electrons. The molecule has 0 aromatic heterocycles. The molecule has 0 aromatic rings. The Kier molecular flexibility index (Phi) is 23.9. The van der Waals surface area contributed by atoms with E-state index in [0.717, 1.165) is 0 Å². The molecular formula is AlCoNiO4S+5. The van der Waals surface area contributed by atoms with Crippen molar-refractivity contribution >= 4 is 27.8 Å². The Bertz CT molecular complexity index is 99.2.